The second-order valence-electron chi connectivity index (χ2n) is 8.46. The summed E-state index contributed by atoms with van der Waals surface area (Å²) in [7, 11) is 1.22. The van der Waals surface area contributed by atoms with Gasteiger partial charge >= 0.3 is 6.09 Å². The number of piperazine rings is 1. The fraction of sp³-hybridized carbons (Fsp3) is 0.417. The highest BCUT2D eigenvalue weighted by atomic mass is 16.5. The number of carbonyl (C=O) groups excluding carboxylic acids is 3. The number of nitrogens with zero attached hydrogens (tertiary/aromatic N) is 4. The first kappa shape index (κ1) is 24.3. The summed E-state index contributed by atoms with van der Waals surface area (Å²) in [5.41, 5.74) is 2.72. The first-order valence-corrected chi connectivity index (χ1v) is 11.5. The molecule has 11 heteroatoms. The second kappa shape index (κ2) is 11.0. The van der Waals surface area contributed by atoms with Crippen molar-refractivity contribution in [3.05, 3.63) is 54.9 Å². The number of rotatable bonds is 5. The number of piperidine rings is 1. The summed E-state index contributed by atoms with van der Waals surface area (Å²) in [6, 6.07) is 12.2. The molecule has 3 amide bonds. The topological polar surface area (TPSA) is 125 Å². The number of hydrogen-bond donors (Lipinski definition) is 2. The van der Waals surface area contributed by atoms with Crippen LogP contribution in [0.3, 0.4) is 0 Å². The summed E-state index contributed by atoms with van der Waals surface area (Å²) < 4.78 is 10.9. The van der Waals surface area contributed by atoms with Gasteiger partial charge in [-0.2, -0.15) is 0 Å². The molecule has 2 aromatic rings. The average molecular weight is 484 g/mol. The predicted molar refractivity (Wildman–Crippen MR) is 125 cm³/mol. The first-order chi connectivity index (χ1) is 17.0. The standard InChI is InChI=1S/C24H29N5O6/c1-34-24(32)29-16-19(35-18-8-5-9-25-15-18)14-20(22(30)26-33)21(29)23(31)28-12-10-27(11-13-28)17-6-3-2-4-7-17/h2-9,15,19-21,33H,10-14,16H2,1H3,(H,26,30)/t19-,20-,21-/m0/s1. The minimum Gasteiger partial charge on any atom is -0.487 e. The predicted octanol–water partition coefficient (Wildman–Crippen LogP) is 1.14. The molecule has 0 unspecified atom stereocenters. The molecule has 11 nitrogen and oxygen atoms in total. The van der Waals surface area contributed by atoms with Crippen molar-refractivity contribution in [1.29, 1.82) is 0 Å². The van der Waals surface area contributed by atoms with E-state index in [2.05, 4.69) is 9.88 Å². The van der Waals surface area contributed by atoms with E-state index in [4.69, 9.17) is 9.47 Å². The first-order valence-electron chi connectivity index (χ1n) is 11.5. The Kier molecular flexibility index (Phi) is 7.66. The van der Waals surface area contributed by atoms with Gasteiger partial charge in [-0.15, -0.1) is 0 Å². The van der Waals surface area contributed by atoms with Crippen molar-refractivity contribution < 1.29 is 29.1 Å². The van der Waals surface area contributed by atoms with Crippen molar-refractivity contribution in [2.45, 2.75) is 18.6 Å². The van der Waals surface area contributed by atoms with Gasteiger partial charge in [0.2, 0.25) is 11.8 Å². The van der Waals surface area contributed by atoms with Crippen LogP contribution in [0.4, 0.5) is 10.5 Å². The third kappa shape index (κ3) is 5.46. The number of para-hydroxylation sites is 1. The minimum absolute atomic E-state index is 0.0389. The van der Waals surface area contributed by atoms with Gasteiger partial charge in [-0.05, 0) is 24.3 Å². The molecule has 2 fully saturated rings. The Labute approximate surface area is 203 Å². The number of methoxy groups -OCH3 is 1. The molecule has 1 aromatic heterocycles. The number of aromatic nitrogens is 1. The number of hydrogen-bond acceptors (Lipinski definition) is 8. The van der Waals surface area contributed by atoms with Crippen LogP contribution in [-0.2, 0) is 14.3 Å². The van der Waals surface area contributed by atoms with Crippen molar-refractivity contribution >= 4 is 23.6 Å². The van der Waals surface area contributed by atoms with E-state index in [0.717, 1.165) is 5.69 Å². The van der Waals surface area contributed by atoms with E-state index in [1.165, 1.54) is 18.2 Å². The van der Waals surface area contributed by atoms with Crippen LogP contribution in [0.2, 0.25) is 0 Å². The largest absolute Gasteiger partial charge is 0.487 e. The van der Waals surface area contributed by atoms with Crippen LogP contribution < -0.4 is 15.1 Å². The maximum Gasteiger partial charge on any atom is 0.410 e. The highest BCUT2D eigenvalue weighted by molar-refractivity contribution is 5.92. The molecule has 0 bridgehead atoms. The molecule has 186 valence electrons. The van der Waals surface area contributed by atoms with E-state index in [0.29, 0.717) is 31.9 Å². The molecular formula is C24H29N5O6. The number of hydroxylamine groups is 1. The molecule has 0 radical (unpaired) electrons. The number of nitrogens with one attached hydrogen (secondary N) is 1. The molecule has 4 rings (SSSR count). The molecule has 2 saturated heterocycles. The minimum atomic E-state index is -1.13. The molecule has 2 N–H and O–H groups in total. The molecule has 3 heterocycles. The number of likely N-dealkylation sites (tertiary alicyclic amines) is 1. The van der Waals surface area contributed by atoms with Crippen LogP contribution in [0.15, 0.2) is 54.9 Å². The number of carbonyl (C=O) groups is 3. The van der Waals surface area contributed by atoms with Gasteiger partial charge < -0.3 is 19.3 Å². The zero-order valence-corrected chi connectivity index (χ0v) is 19.4. The van der Waals surface area contributed by atoms with Gasteiger partial charge in [0.1, 0.15) is 17.9 Å². The number of anilines is 1. The molecular weight excluding hydrogens is 454 g/mol. The van der Waals surface area contributed by atoms with E-state index >= 15 is 0 Å². The molecule has 0 aliphatic carbocycles. The van der Waals surface area contributed by atoms with Crippen molar-refractivity contribution in [3.63, 3.8) is 0 Å². The second-order valence-corrected chi connectivity index (χ2v) is 8.46. The maximum absolute atomic E-state index is 13.7. The van der Waals surface area contributed by atoms with E-state index in [-0.39, 0.29) is 18.9 Å². The van der Waals surface area contributed by atoms with Crippen molar-refractivity contribution in [2.24, 2.45) is 5.92 Å². The van der Waals surface area contributed by atoms with E-state index in [1.54, 1.807) is 28.7 Å². The van der Waals surface area contributed by atoms with Crippen LogP contribution in [0.25, 0.3) is 0 Å². The summed E-state index contributed by atoms with van der Waals surface area (Å²) in [5, 5.41) is 9.40. The number of amides is 3. The van der Waals surface area contributed by atoms with Crippen molar-refractivity contribution in [3.8, 4) is 5.75 Å². The normalized spacial score (nSPS) is 22.3. The summed E-state index contributed by atoms with van der Waals surface area (Å²) >= 11 is 0. The van der Waals surface area contributed by atoms with Gasteiger partial charge in [-0.3, -0.25) is 24.7 Å². The lowest BCUT2D eigenvalue weighted by atomic mass is 9.86. The van der Waals surface area contributed by atoms with Gasteiger partial charge in [0.25, 0.3) is 0 Å². The molecule has 35 heavy (non-hydrogen) atoms. The average Bonchev–Trinajstić information content (AvgIpc) is 2.92. The fourth-order valence-electron chi connectivity index (χ4n) is 4.69. The molecule has 3 atom stereocenters. The third-order valence-corrected chi connectivity index (χ3v) is 6.39. The van der Waals surface area contributed by atoms with Gasteiger partial charge in [0, 0.05) is 44.5 Å². The number of pyridine rings is 1. The van der Waals surface area contributed by atoms with Gasteiger partial charge in [0.15, 0.2) is 0 Å². The SMILES string of the molecule is COC(=O)N1C[C@@H](Oc2cccnc2)C[C@H](C(=O)NO)[C@H]1C(=O)N1CCN(c2ccccc2)CC1. The Morgan fingerprint density at radius 1 is 1.06 bits per heavy atom. The molecule has 2 aliphatic rings. The third-order valence-electron chi connectivity index (χ3n) is 6.39. The van der Waals surface area contributed by atoms with Crippen molar-refractivity contribution in [1.82, 2.24) is 20.3 Å². The zero-order valence-electron chi connectivity index (χ0n) is 19.4. The van der Waals surface area contributed by atoms with Gasteiger partial charge in [-0.25, -0.2) is 10.3 Å². The Hall–Kier alpha value is -3.86. The maximum atomic E-state index is 13.7. The van der Waals surface area contributed by atoms with Crippen LogP contribution in [0.1, 0.15) is 6.42 Å². The highest BCUT2D eigenvalue weighted by Crippen LogP contribution is 2.30. The summed E-state index contributed by atoms with van der Waals surface area (Å²) in [6.45, 7) is 2.14. The van der Waals surface area contributed by atoms with Crippen LogP contribution >= 0.6 is 0 Å². The Balaban J connectivity index is 1.53. The van der Waals surface area contributed by atoms with Crippen LogP contribution in [0.5, 0.6) is 5.75 Å². The lowest BCUT2D eigenvalue weighted by molar-refractivity contribution is -0.151. The smallest absolute Gasteiger partial charge is 0.410 e. The van der Waals surface area contributed by atoms with E-state index in [9.17, 15) is 19.6 Å². The van der Waals surface area contributed by atoms with E-state index in [1.807, 2.05) is 30.3 Å². The zero-order chi connectivity index (χ0) is 24.8. The van der Waals surface area contributed by atoms with Gasteiger partial charge in [0.05, 0.1) is 25.8 Å². The lowest BCUT2D eigenvalue weighted by Gasteiger charge is -2.45. The van der Waals surface area contributed by atoms with E-state index < -0.39 is 30.1 Å². The monoisotopic (exact) mass is 483 g/mol. The Morgan fingerprint density at radius 3 is 2.43 bits per heavy atom. The Morgan fingerprint density at radius 2 is 1.80 bits per heavy atom. The van der Waals surface area contributed by atoms with Crippen molar-refractivity contribution in [2.75, 3.05) is 44.7 Å². The summed E-state index contributed by atoms with van der Waals surface area (Å²) in [5.74, 6) is -1.70. The highest BCUT2D eigenvalue weighted by Gasteiger charge is 2.49. The van der Waals surface area contributed by atoms with Gasteiger partial charge in [-0.1, -0.05) is 18.2 Å². The molecule has 1 aromatic carbocycles. The summed E-state index contributed by atoms with van der Waals surface area (Å²) in [4.78, 5) is 48.1. The fourth-order valence-corrected chi connectivity index (χ4v) is 4.69. The quantitative estimate of drug-likeness (QED) is 0.479. The summed E-state index contributed by atoms with van der Waals surface area (Å²) in [6.07, 6.45) is 1.88. The molecule has 0 saturated carbocycles. The lowest BCUT2D eigenvalue weighted by Crippen LogP contribution is -2.64. The molecule has 2 aliphatic heterocycles. The number of benzene rings is 1. The molecule has 0 spiro atoms. The van der Waals surface area contributed by atoms with Crippen LogP contribution in [0, 0.1) is 5.92 Å². The number of ether oxygens (including phenoxy) is 2. The Bertz CT molecular complexity index is 990. The van der Waals surface area contributed by atoms with Crippen LogP contribution in [-0.4, -0.2) is 89.9 Å².